The monoisotopic (exact) mass is 242 g/mol. The third kappa shape index (κ3) is 3.23. The average Bonchev–Trinajstić information content (AvgIpc) is 2.40. The maximum atomic E-state index is 5.24. The molecule has 0 aliphatic carbocycles. The fraction of sp³-hybridized carbons (Fsp3) is 0.267. The molecule has 0 fully saturated rings. The third-order valence-electron chi connectivity index (χ3n) is 2.89. The van der Waals surface area contributed by atoms with Gasteiger partial charge in [-0.25, -0.2) is 0 Å². The topological polar surface area (TPSA) is 34.1 Å². The number of anilines is 1. The average molecular weight is 242 g/mol. The lowest BCUT2D eigenvalue weighted by atomic mass is 10.2. The summed E-state index contributed by atoms with van der Waals surface area (Å²) in [5, 5.41) is 3.41. The molecule has 0 amide bonds. The number of rotatable bonds is 5. The molecule has 2 rings (SSSR count). The van der Waals surface area contributed by atoms with Gasteiger partial charge < -0.3 is 10.1 Å². The Morgan fingerprint density at radius 2 is 1.94 bits per heavy atom. The van der Waals surface area contributed by atoms with Crippen LogP contribution in [0.1, 0.15) is 11.1 Å². The number of aryl methyl sites for hydroxylation is 1. The second-order valence-electron chi connectivity index (χ2n) is 4.22. The van der Waals surface area contributed by atoms with Gasteiger partial charge in [0.2, 0.25) is 0 Å². The Balaban J connectivity index is 1.89. The van der Waals surface area contributed by atoms with Gasteiger partial charge in [-0.1, -0.05) is 0 Å². The molecule has 0 saturated carbocycles. The Kier molecular flexibility index (Phi) is 4.18. The Hall–Kier alpha value is -2.03. The second-order valence-corrected chi connectivity index (χ2v) is 4.22. The molecule has 94 valence electrons. The Morgan fingerprint density at radius 1 is 1.17 bits per heavy atom. The minimum absolute atomic E-state index is 0.912. The summed E-state index contributed by atoms with van der Waals surface area (Å²) in [6.45, 7) is 2.96. The van der Waals surface area contributed by atoms with Crippen LogP contribution in [0.4, 0.5) is 5.69 Å². The van der Waals surface area contributed by atoms with Gasteiger partial charge in [-0.3, -0.25) is 4.98 Å². The van der Waals surface area contributed by atoms with Gasteiger partial charge in [0.25, 0.3) is 0 Å². The van der Waals surface area contributed by atoms with E-state index in [1.54, 1.807) is 7.11 Å². The zero-order valence-electron chi connectivity index (χ0n) is 10.8. The maximum Gasteiger partial charge on any atom is 0.121 e. The van der Waals surface area contributed by atoms with Crippen LogP contribution in [0.25, 0.3) is 0 Å². The highest BCUT2D eigenvalue weighted by atomic mass is 16.5. The summed E-state index contributed by atoms with van der Waals surface area (Å²) in [5.41, 5.74) is 3.57. The molecule has 3 nitrogen and oxygen atoms in total. The van der Waals surface area contributed by atoms with E-state index in [9.17, 15) is 0 Å². The molecule has 3 heteroatoms. The summed E-state index contributed by atoms with van der Waals surface area (Å²) >= 11 is 0. The van der Waals surface area contributed by atoms with E-state index in [1.165, 1.54) is 5.56 Å². The molecule has 0 radical (unpaired) electrons. The van der Waals surface area contributed by atoms with E-state index in [4.69, 9.17) is 4.74 Å². The van der Waals surface area contributed by atoms with E-state index < -0.39 is 0 Å². The molecule has 1 heterocycles. The van der Waals surface area contributed by atoms with Crippen LogP contribution in [0, 0.1) is 6.92 Å². The predicted molar refractivity (Wildman–Crippen MR) is 74.2 cm³/mol. The molecule has 1 aromatic carbocycles. The van der Waals surface area contributed by atoms with Crippen molar-refractivity contribution in [3.05, 3.63) is 53.9 Å². The Labute approximate surface area is 108 Å². The number of nitrogens with zero attached hydrogens (tertiary/aromatic N) is 1. The van der Waals surface area contributed by atoms with Crippen LogP contribution in [0.5, 0.6) is 5.75 Å². The minimum atomic E-state index is 0.912. The molecular formula is C15H18N2O. The van der Waals surface area contributed by atoms with Crippen LogP contribution in [-0.4, -0.2) is 18.6 Å². The number of hydrogen-bond acceptors (Lipinski definition) is 3. The predicted octanol–water partition coefficient (Wildman–Crippen LogP) is 3.05. The fourth-order valence-corrected chi connectivity index (χ4v) is 1.89. The van der Waals surface area contributed by atoms with E-state index in [2.05, 4.69) is 16.4 Å². The summed E-state index contributed by atoms with van der Waals surface area (Å²) in [6.07, 6.45) is 4.65. The quantitative estimate of drug-likeness (QED) is 0.875. The molecule has 1 N–H and O–H groups in total. The number of nitrogens with one attached hydrogen (secondary N) is 1. The van der Waals surface area contributed by atoms with Crippen LogP contribution < -0.4 is 10.1 Å². The van der Waals surface area contributed by atoms with E-state index in [0.29, 0.717) is 0 Å². The first-order chi connectivity index (χ1) is 8.79. The van der Waals surface area contributed by atoms with Crippen molar-refractivity contribution in [3.8, 4) is 5.75 Å². The van der Waals surface area contributed by atoms with Crippen LogP contribution in [0.3, 0.4) is 0 Å². The van der Waals surface area contributed by atoms with Gasteiger partial charge in [0.15, 0.2) is 0 Å². The molecule has 2 aromatic rings. The molecular weight excluding hydrogens is 224 g/mol. The highest BCUT2D eigenvalue weighted by Gasteiger charge is 1.99. The van der Waals surface area contributed by atoms with E-state index in [1.807, 2.05) is 43.6 Å². The largest absolute Gasteiger partial charge is 0.496 e. The minimum Gasteiger partial charge on any atom is -0.496 e. The number of benzene rings is 1. The van der Waals surface area contributed by atoms with Crippen molar-refractivity contribution in [2.24, 2.45) is 0 Å². The Bertz CT molecular complexity index is 497. The number of aromatic nitrogens is 1. The first-order valence-electron chi connectivity index (χ1n) is 6.07. The van der Waals surface area contributed by atoms with Crippen molar-refractivity contribution in [1.29, 1.82) is 0 Å². The summed E-state index contributed by atoms with van der Waals surface area (Å²) in [7, 11) is 1.69. The van der Waals surface area contributed by atoms with Gasteiger partial charge in [-0.15, -0.1) is 0 Å². The molecule has 18 heavy (non-hydrogen) atoms. The first-order valence-corrected chi connectivity index (χ1v) is 6.07. The summed E-state index contributed by atoms with van der Waals surface area (Å²) < 4.78 is 5.24. The molecule has 0 spiro atoms. The van der Waals surface area contributed by atoms with E-state index in [0.717, 1.165) is 30.0 Å². The summed E-state index contributed by atoms with van der Waals surface area (Å²) in [5.74, 6) is 0.926. The van der Waals surface area contributed by atoms with Crippen LogP contribution in [-0.2, 0) is 6.42 Å². The van der Waals surface area contributed by atoms with Crippen molar-refractivity contribution < 1.29 is 4.74 Å². The molecule has 0 bridgehead atoms. The third-order valence-corrected chi connectivity index (χ3v) is 2.89. The lowest BCUT2D eigenvalue weighted by Crippen LogP contribution is -2.05. The van der Waals surface area contributed by atoms with Crippen molar-refractivity contribution in [2.45, 2.75) is 13.3 Å². The molecule has 0 saturated heterocycles. The zero-order chi connectivity index (χ0) is 12.8. The highest BCUT2D eigenvalue weighted by molar-refractivity contribution is 5.50. The number of hydrogen-bond donors (Lipinski definition) is 1. The van der Waals surface area contributed by atoms with Crippen LogP contribution >= 0.6 is 0 Å². The van der Waals surface area contributed by atoms with Crippen molar-refractivity contribution >= 4 is 5.69 Å². The van der Waals surface area contributed by atoms with Gasteiger partial charge in [0.1, 0.15) is 5.75 Å². The van der Waals surface area contributed by atoms with Gasteiger partial charge in [0, 0.05) is 24.6 Å². The molecule has 0 aliphatic rings. The smallest absolute Gasteiger partial charge is 0.121 e. The second kappa shape index (κ2) is 6.05. The summed E-state index contributed by atoms with van der Waals surface area (Å²) in [6, 6.07) is 10.2. The van der Waals surface area contributed by atoms with Crippen molar-refractivity contribution in [3.63, 3.8) is 0 Å². The fourth-order valence-electron chi connectivity index (χ4n) is 1.89. The SMILES string of the molecule is COc1ccc(NCCc2ccncc2)cc1C. The first kappa shape index (κ1) is 12.4. The van der Waals surface area contributed by atoms with Gasteiger partial charge in [-0.05, 0) is 54.8 Å². The van der Waals surface area contributed by atoms with Crippen LogP contribution in [0.15, 0.2) is 42.7 Å². The highest BCUT2D eigenvalue weighted by Crippen LogP contribution is 2.21. The lowest BCUT2D eigenvalue weighted by molar-refractivity contribution is 0.412. The van der Waals surface area contributed by atoms with Gasteiger partial charge in [0.05, 0.1) is 7.11 Å². The van der Waals surface area contributed by atoms with Crippen LogP contribution in [0.2, 0.25) is 0 Å². The van der Waals surface area contributed by atoms with Gasteiger partial charge >= 0.3 is 0 Å². The van der Waals surface area contributed by atoms with Gasteiger partial charge in [-0.2, -0.15) is 0 Å². The van der Waals surface area contributed by atoms with Crippen molar-refractivity contribution in [1.82, 2.24) is 4.98 Å². The zero-order valence-corrected chi connectivity index (χ0v) is 10.8. The molecule has 1 aromatic heterocycles. The number of ether oxygens (including phenoxy) is 1. The standard InChI is InChI=1S/C15H18N2O/c1-12-11-14(3-4-15(12)18-2)17-10-7-13-5-8-16-9-6-13/h3-6,8-9,11,17H,7,10H2,1-2H3. The number of methoxy groups -OCH3 is 1. The number of pyridine rings is 1. The molecule has 0 aliphatic heterocycles. The van der Waals surface area contributed by atoms with Crippen molar-refractivity contribution in [2.75, 3.05) is 19.0 Å². The maximum absolute atomic E-state index is 5.24. The molecule has 0 unspecified atom stereocenters. The normalized spacial score (nSPS) is 10.1. The molecule has 0 atom stereocenters. The van der Waals surface area contributed by atoms with E-state index in [-0.39, 0.29) is 0 Å². The lowest BCUT2D eigenvalue weighted by Gasteiger charge is -2.09. The van der Waals surface area contributed by atoms with E-state index >= 15 is 0 Å². The summed E-state index contributed by atoms with van der Waals surface area (Å²) in [4.78, 5) is 4.01. The Morgan fingerprint density at radius 3 is 2.61 bits per heavy atom.